The number of aliphatic imine (C=N–C) groups is 1. The van der Waals surface area contributed by atoms with Gasteiger partial charge < -0.3 is 20.0 Å². The number of hydrogen-bond donors (Lipinski definition) is 2. The van der Waals surface area contributed by atoms with E-state index in [1.165, 1.54) is 22.1 Å². The van der Waals surface area contributed by atoms with Crippen molar-refractivity contribution in [3.8, 4) is 0 Å². The van der Waals surface area contributed by atoms with Crippen molar-refractivity contribution in [3.63, 3.8) is 0 Å². The average molecular weight is 547 g/mol. The summed E-state index contributed by atoms with van der Waals surface area (Å²) in [5.74, 6) is 1.71. The molecule has 32 heavy (non-hydrogen) atoms. The zero-order chi connectivity index (χ0) is 21.6. The number of halogens is 1. The highest BCUT2D eigenvalue weighted by Gasteiger charge is 2.14. The molecule has 172 valence electrons. The minimum absolute atomic E-state index is 0. The lowest BCUT2D eigenvalue weighted by Crippen LogP contribution is -2.43. The van der Waals surface area contributed by atoms with E-state index in [-0.39, 0.29) is 24.0 Å². The smallest absolute Gasteiger partial charge is 0.191 e. The van der Waals surface area contributed by atoms with Crippen LogP contribution >= 0.6 is 24.0 Å². The zero-order valence-electron chi connectivity index (χ0n) is 19.2. The number of furan rings is 1. The molecule has 4 rings (SSSR count). The largest absolute Gasteiger partial charge is 0.459 e. The van der Waals surface area contributed by atoms with E-state index in [1.54, 1.807) is 7.05 Å². The van der Waals surface area contributed by atoms with Crippen molar-refractivity contribution < 1.29 is 4.42 Å². The number of benzene rings is 2. The molecule has 7 heteroatoms. The third-order valence-electron chi connectivity index (χ3n) is 6.07. The van der Waals surface area contributed by atoms with Crippen molar-refractivity contribution in [2.24, 2.45) is 4.99 Å². The SMILES string of the molecule is CN=C(NCc1ccc(CN2CCN(C)CC2)cc1)NCc1oc2ccccc2c1C.I. The second kappa shape index (κ2) is 11.7. The fourth-order valence-corrected chi connectivity index (χ4v) is 3.99. The van der Waals surface area contributed by atoms with Crippen molar-refractivity contribution in [2.75, 3.05) is 40.3 Å². The molecule has 0 spiro atoms. The highest BCUT2D eigenvalue weighted by Crippen LogP contribution is 2.24. The Labute approximate surface area is 208 Å². The molecule has 1 fully saturated rings. The molecule has 0 radical (unpaired) electrons. The van der Waals surface area contributed by atoms with Gasteiger partial charge in [0.15, 0.2) is 5.96 Å². The van der Waals surface area contributed by atoms with Gasteiger partial charge in [-0.05, 0) is 31.2 Å². The molecule has 0 atom stereocenters. The molecule has 0 saturated carbocycles. The number of likely N-dealkylation sites (N-methyl/N-ethyl adjacent to an activating group) is 1. The van der Waals surface area contributed by atoms with Crippen LogP contribution in [0.1, 0.15) is 22.5 Å². The molecule has 2 N–H and O–H groups in total. The molecule has 0 bridgehead atoms. The Bertz CT molecular complexity index is 1020. The second-order valence-corrected chi connectivity index (χ2v) is 8.32. The minimum atomic E-state index is 0. The summed E-state index contributed by atoms with van der Waals surface area (Å²) in [6.07, 6.45) is 0. The van der Waals surface area contributed by atoms with Crippen LogP contribution in [0.2, 0.25) is 0 Å². The lowest BCUT2D eigenvalue weighted by Gasteiger charge is -2.32. The standard InChI is InChI=1S/C25H33N5O.HI/c1-19-22-6-4-5-7-23(22)31-24(19)17-28-25(26-2)27-16-20-8-10-21(11-9-20)18-30-14-12-29(3)13-15-30;/h4-11H,12-18H2,1-3H3,(H2,26,27,28);1H. The van der Waals surface area contributed by atoms with Crippen LogP contribution < -0.4 is 10.6 Å². The first kappa shape index (κ1) is 24.5. The van der Waals surface area contributed by atoms with E-state index in [0.29, 0.717) is 6.54 Å². The molecule has 0 unspecified atom stereocenters. The normalized spacial score (nSPS) is 15.5. The van der Waals surface area contributed by atoms with Gasteiger partial charge in [-0.2, -0.15) is 0 Å². The number of guanidine groups is 1. The third-order valence-corrected chi connectivity index (χ3v) is 6.07. The predicted molar refractivity (Wildman–Crippen MR) is 143 cm³/mol. The molecule has 1 aliphatic rings. The van der Waals surface area contributed by atoms with Crippen LogP contribution in [0, 0.1) is 6.92 Å². The Morgan fingerprint density at radius 3 is 2.28 bits per heavy atom. The molecule has 0 amide bonds. The third kappa shape index (κ3) is 6.24. The number of nitrogens with zero attached hydrogens (tertiary/aromatic N) is 3. The van der Waals surface area contributed by atoms with Gasteiger partial charge in [0.1, 0.15) is 11.3 Å². The lowest BCUT2D eigenvalue weighted by molar-refractivity contribution is 0.148. The summed E-state index contributed by atoms with van der Waals surface area (Å²) in [6.45, 7) is 9.06. The number of fused-ring (bicyclic) bond motifs is 1. The summed E-state index contributed by atoms with van der Waals surface area (Å²) in [7, 11) is 3.99. The quantitative estimate of drug-likeness (QED) is 0.278. The van der Waals surface area contributed by atoms with Gasteiger partial charge in [-0.25, -0.2) is 0 Å². The number of rotatable bonds is 6. The number of hydrogen-bond acceptors (Lipinski definition) is 4. The molecule has 3 aromatic rings. The van der Waals surface area contributed by atoms with Gasteiger partial charge in [-0.3, -0.25) is 9.89 Å². The lowest BCUT2D eigenvalue weighted by atomic mass is 10.1. The molecule has 1 aliphatic heterocycles. The van der Waals surface area contributed by atoms with Crippen molar-refractivity contribution in [2.45, 2.75) is 26.6 Å². The Hall–Kier alpha value is -2.10. The molecule has 2 heterocycles. The van der Waals surface area contributed by atoms with Gasteiger partial charge in [0, 0.05) is 57.3 Å². The van der Waals surface area contributed by atoms with Crippen LogP contribution in [-0.2, 0) is 19.6 Å². The van der Waals surface area contributed by atoms with E-state index in [0.717, 1.165) is 56.6 Å². The number of nitrogens with one attached hydrogen (secondary N) is 2. The van der Waals surface area contributed by atoms with E-state index in [9.17, 15) is 0 Å². The summed E-state index contributed by atoms with van der Waals surface area (Å²) in [5, 5.41) is 7.92. The highest BCUT2D eigenvalue weighted by molar-refractivity contribution is 14.0. The molecular formula is C25H34IN5O. The molecule has 1 saturated heterocycles. The van der Waals surface area contributed by atoms with Crippen LogP contribution in [0.5, 0.6) is 0 Å². The summed E-state index contributed by atoms with van der Waals surface area (Å²) >= 11 is 0. The van der Waals surface area contributed by atoms with Gasteiger partial charge in [0.25, 0.3) is 0 Å². The zero-order valence-corrected chi connectivity index (χ0v) is 21.6. The van der Waals surface area contributed by atoms with Crippen molar-refractivity contribution >= 4 is 40.9 Å². The van der Waals surface area contributed by atoms with E-state index >= 15 is 0 Å². The van der Waals surface area contributed by atoms with Crippen LogP contribution in [0.4, 0.5) is 0 Å². The topological polar surface area (TPSA) is 56.0 Å². The highest BCUT2D eigenvalue weighted by atomic mass is 127. The monoisotopic (exact) mass is 547 g/mol. The Balaban J connectivity index is 0.00000289. The maximum Gasteiger partial charge on any atom is 0.191 e. The second-order valence-electron chi connectivity index (χ2n) is 8.32. The minimum Gasteiger partial charge on any atom is -0.459 e. The van der Waals surface area contributed by atoms with Crippen molar-refractivity contribution in [1.29, 1.82) is 0 Å². The van der Waals surface area contributed by atoms with Crippen LogP contribution in [0.25, 0.3) is 11.0 Å². The summed E-state index contributed by atoms with van der Waals surface area (Å²) in [6, 6.07) is 17.0. The summed E-state index contributed by atoms with van der Waals surface area (Å²) in [4.78, 5) is 9.26. The van der Waals surface area contributed by atoms with Crippen molar-refractivity contribution in [1.82, 2.24) is 20.4 Å². The molecular weight excluding hydrogens is 513 g/mol. The van der Waals surface area contributed by atoms with Crippen molar-refractivity contribution in [3.05, 3.63) is 71.0 Å². The van der Waals surface area contributed by atoms with E-state index in [1.807, 2.05) is 18.2 Å². The number of aryl methyl sites for hydroxylation is 1. The molecule has 6 nitrogen and oxygen atoms in total. The summed E-state index contributed by atoms with van der Waals surface area (Å²) < 4.78 is 5.99. The first-order chi connectivity index (χ1) is 15.1. The maximum atomic E-state index is 5.99. The van der Waals surface area contributed by atoms with Gasteiger partial charge in [0.2, 0.25) is 0 Å². The van der Waals surface area contributed by atoms with Crippen LogP contribution in [0.15, 0.2) is 57.9 Å². The average Bonchev–Trinajstić information content (AvgIpc) is 3.12. The predicted octanol–water partition coefficient (Wildman–Crippen LogP) is 3.97. The number of para-hydroxylation sites is 1. The van der Waals surface area contributed by atoms with Crippen LogP contribution in [0.3, 0.4) is 0 Å². The van der Waals surface area contributed by atoms with Gasteiger partial charge in [-0.1, -0.05) is 42.5 Å². The Morgan fingerprint density at radius 2 is 1.59 bits per heavy atom. The van der Waals surface area contributed by atoms with E-state index < -0.39 is 0 Å². The first-order valence-electron chi connectivity index (χ1n) is 11.0. The fraction of sp³-hybridized carbons (Fsp3) is 0.400. The fourth-order valence-electron chi connectivity index (χ4n) is 3.99. The van der Waals surface area contributed by atoms with Gasteiger partial charge in [0.05, 0.1) is 6.54 Å². The summed E-state index contributed by atoms with van der Waals surface area (Å²) in [5.41, 5.74) is 4.71. The van der Waals surface area contributed by atoms with Gasteiger partial charge >= 0.3 is 0 Å². The Kier molecular flexibility index (Phi) is 8.95. The molecule has 1 aromatic heterocycles. The molecule has 0 aliphatic carbocycles. The molecule has 2 aromatic carbocycles. The Morgan fingerprint density at radius 1 is 0.938 bits per heavy atom. The number of piperazine rings is 1. The van der Waals surface area contributed by atoms with Crippen LogP contribution in [-0.4, -0.2) is 56.0 Å². The first-order valence-corrected chi connectivity index (χ1v) is 11.0. The van der Waals surface area contributed by atoms with Gasteiger partial charge in [-0.15, -0.1) is 24.0 Å². The van der Waals surface area contributed by atoms with E-state index in [4.69, 9.17) is 4.42 Å². The van der Waals surface area contributed by atoms with E-state index in [2.05, 4.69) is 69.7 Å². The maximum absolute atomic E-state index is 5.99.